The zero-order valence-electron chi connectivity index (χ0n) is 14.2. The number of carboxylic acids is 1. The Morgan fingerprint density at radius 2 is 1.79 bits per heavy atom. The third-order valence-electron chi connectivity index (χ3n) is 3.29. The molecule has 1 rings (SSSR count). The number of benzene rings is 1. The van der Waals surface area contributed by atoms with E-state index < -0.39 is 36.5 Å². The van der Waals surface area contributed by atoms with Gasteiger partial charge in [0.05, 0.1) is 6.42 Å². The molecule has 24 heavy (non-hydrogen) atoms. The lowest BCUT2D eigenvalue weighted by molar-refractivity contribution is -0.136. The first-order valence-corrected chi connectivity index (χ1v) is 7.24. The molecule has 0 saturated carbocycles. The summed E-state index contributed by atoms with van der Waals surface area (Å²) in [5, 5.41) is 8.90. The molecule has 0 bridgehead atoms. The minimum Gasteiger partial charge on any atom is -0.481 e. The molecule has 0 spiro atoms. The average molecular weight is 346 g/mol. The average Bonchev–Trinajstić information content (AvgIpc) is 2.36. The second-order valence-electron chi connectivity index (χ2n) is 6.50. The van der Waals surface area contributed by atoms with Crippen LogP contribution >= 0.6 is 0 Å². The van der Waals surface area contributed by atoms with E-state index in [9.17, 15) is 22.5 Å². The van der Waals surface area contributed by atoms with Crippen LogP contribution in [0.3, 0.4) is 0 Å². The Balaban J connectivity index is 3.37. The molecule has 0 aliphatic carbocycles. The standard InChI is InChI=1S/C15H20BF3NO4/c1-9-10(7-13(21)22)6-11(8-12(9)16(17,18)19)20(5)14(23)24-15(2,3)4/h6,8H,7H2,1-5H3,(H,21,22)/q-1. The fourth-order valence-electron chi connectivity index (χ4n) is 2.10. The van der Waals surface area contributed by atoms with Crippen LogP contribution < -0.4 is 10.4 Å². The number of ether oxygens (including phenoxy) is 1. The maximum atomic E-state index is 13.3. The summed E-state index contributed by atoms with van der Waals surface area (Å²) >= 11 is 0. The molecule has 0 unspecified atom stereocenters. The maximum Gasteiger partial charge on any atom is 0.509 e. The van der Waals surface area contributed by atoms with Crippen LogP contribution in [0.4, 0.5) is 23.4 Å². The fourth-order valence-corrected chi connectivity index (χ4v) is 2.10. The van der Waals surface area contributed by atoms with Gasteiger partial charge in [-0.05, 0) is 39.3 Å². The molecule has 1 N–H and O–H groups in total. The summed E-state index contributed by atoms with van der Waals surface area (Å²) in [5.74, 6) is -1.25. The van der Waals surface area contributed by atoms with Crippen LogP contribution in [-0.4, -0.2) is 36.8 Å². The lowest BCUT2D eigenvalue weighted by atomic mass is 9.75. The van der Waals surface area contributed by atoms with Crippen LogP contribution in [0.25, 0.3) is 0 Å². The van der Waals surface area contributed by atoms with Crippen molar-refractivity contribution in [1.29, 1.82) is 0 Å². The van der Waals surface area contributed by atoms with Crippen LogP contribution in [0, 0.1) is 6.92 Å². The molecule has 1 amide bonds. The van der Waals surface area contributed by atoms with Crippen molar-refractivity contribution in [2.75, 3.05) is 11.9 Å². The second-order valence-corrected chi connectivity index (χ2v) is 6.50. The van der Waals surface area contributed by atoms with E-state index in [2.05, 4.69) is 0 Å². The van der Waals surface area contributed by atoms with E-state index in [1.807, 2.05) is 0 Å². The molecule has 9 heteroatoms. The zero-order chi connectivity index (χ0) is 18.9. The van der Waals surface area contributed by atoms with Gasteiger partial charge in [-0.2, -0.15) is 0 Å². The number of rotatable bonds is 4. The minimum absolute atomic E-state index is 0.00427. The summed E-state index contributed by atoms with van der Waals surface area (Å²) in [4.78, 5) is 23.9. The van der Waals surface area contributed by atoms with Crippen LogP contribution in [-0.2, 0) is 16.0 Å². The predicted octanol–water partition coefficient (Wildman–Crippen LogP) is 3.05. The highest BCUT2D eigenvalue weighted by Crippen LogP contribution is 2.24. The van der Waals surface area contributed by atoms with Crippen LogP contribution in [0.1, 0.15) is 31.9 Å². The number of amides is 1. The van der Waals surface area contributed by atoms with Crippen LogP contribution in [0.2, 0.25) is 0 Å². The molecule has 134 valence electrons. The first kappa shape index (κ1) is 19.9. The molecule has 0 fully saturated rings. The Morgan fingerprint density at radius 1 is 1.25 bits per heavy atom. The largest absolute Gasteiger partial charge is 0.509 e. The van der Waals surface area contributed by atoms with Crippen molar-refractivity contribution in [2.45, 2.75) is 39.7 Å². The second kappa shape index (κ2) is 6.74. The van der Waals surface area contributed by atoms with Gasteiger partial charge in [-0.3, -0.25) is 9.69 Å². The molecule has 0 atom stereocenters. The van der Waals surface area contributed by atoms with Gasteiger partial charge in [0.1, 0.15) is 5.60 Å². The van der Waals surface area contributed by atoms with Crippen molar-refractivity contribution in [3.8, 4) is 0 Å². The third-order valence-corrected chi connectivity index (χ3v) is 3.29. The summed E-state index contributed by atoms with van der Waals surface area (Å²) < 4.78 is 44.9. The SMILES string of the molecule is Cc1c(CC(=O)O)cc(N(C)C(=O)OC(C)(C)C)cc1[B-](F)(F)F. The number of aliphatic carboxylic acids is 1. The number of carbonyl (C=O) groups excluding carboxylic acids is 1. The quantitative estimate of drug-likeness (QED) is 0.851. The number of hydrogen-bond acceptors (Lipinski definition) is 3. The van der Waals surface area contributed by atoms with Gasteiger partial charge in [-0.15, -0.1) is 5.46 Å². The van der Waals surface area contributed by atoms with E-state index in [0.717, 1.165) is 11.0 Å². The highest BCUT2D eigenvalue weighted by Gasteiger charge is 2.30. The van der Waals surface area contributed by atoms with Gasteiger partial charge in [0.2, 0.25) is 0 Å². The topological polar surface area (TPSA) is 66.8 Å². The van der Waals surface area contributed by atoms with E-state index in [4.69, 9.17) is 9.84 Å². The smallest absolute Gasteiger partial charge is 0.481 e. The van der Waals surface area contributed by atoms with E-state index >= 15 is 0 Å². The fraction of sp³-hybridized carbons (Fsp3) is 0.467. The van der Waals surface area contributed by atoms with Gasteiger partial charge in [0.15, 0.2) is 0 Å². The van der Waals surface area contributed by atoms with E-state index in [1.165, 1.54) is 20.0 Å². The summed E-state index contributed by atoms with van der Waals surface area (Å²) in [5.41, 5.74) is -1.94. The van der Waals surface area contributed by atoms with Crippen molar-refractivity contribution < 1.29 is 32.4 Å². The lowest BCUT2D eigenvalue weighted by Crippen LogP contribution is -2.39. The van der Waals surface area contributed by atoms with Crippen molar-refractivity contribution in [1.82, 2.24) is 0 Å². The van der Waals surface area contributed by atoms with Crippen molar-refractivity contribution in [2.24, 2.45) is 0 Å². The van der Waals surface area contributed by atoms with Gasteiger partial charge in [-0.25, -0.2) is 4.79 Å². The normalized spacial score (nSPS) is 12.0. The van der Waals surface area contributed by atoms with E-state index in [0.29, 0.717) is 0 Å². The first-order valence-electron chi connectivity index (χ1n) is 7.24. The van der Waals surface area contributed by atoms with Crippen LogP contribution in [0.15, 0.2) is 12.1 Å². The Hall–Kier alpha value is -2.19. The summed E-state index contributed by atoms with van der Waals surface area (Å²) in [7, 11) is 1.27. The number of halogens is 3. The number of carbonyl (C=O) groups is 2. The highest BCUT2D eigenvalue weighted by molar-refractivity contribution is 6.74. The Labute approximate surface area is 138 Å². The molecule has 5 nitrogen and oxygen atoms in total. The molecule has 0 radical (unpaired) electrons. The number of anilines is 1. The van der Waals surface area contributed by atoms with Gasteiger partial charge in [0, 0.05) is 12.7 Å². The Morgan fingerprint density at radius 3 is 2.21 bits per heavy atom. The molecular weight excluding hydrogens is 326 g/mol. The Bertz CT molecular complexity index is 653. The number of nitrogens with zero attached hydrogens (tertiary/aromatic N) is 1. The van der Waals surface area contributed by atoms with E-state index in [1.54, 1.807) is 20.8 Å². The minimum atomic E-state index is -5.35. The molecule has 1 aromatic carbocycles. The molecular formula is C15H20BF3NO4-. The first-order chi connectivity index (χ1) is 10.7. The third kappa shape index (κ3) is 5.18. The summed E-state index contributed by atoms with van der Waals surface area (Å²) in [6.45, 7) is 0.770. The molecule has 0 saturated heterocycles. The number of hydrogen-bond donors (Lipinski definition) is 1. The molecule has 0 aromatic heterocycles. The van der Waals surface area contributed by atoms with Crippen LogP contribution in [0.5, 0.6) is 0 Å². The predicted molar refractivity (Wildman–Crippen MR) is 85.9 cm³/mol. The maximum absolute atomic E-state index is 13.3. The molecule has 1 aromatic rings. The molecule has 0 aliphatic heterocycles. The van der Waals surface area contributed by atoms with E-state index in [-0.39, 0.29) is 16.8 Å². The van der Waals surface area contributed by atoms with Crippen molar-refractivity contribution in [3.63, 3.8) is 0 Å². The molecule has 0 aliphatic rings. The summed E-state index contributed by atoms with van der Waals surface area (Å²) in [6, 6.07) is 2.10. The zero-order valence-corrected chi connectivity index (χ0v) is 14.2. The lowest BCUT2D eigenvalue weighted by Gasteiger charge is -2.27. The van der Waals surface area contributed by atoms with Gasteiger partial charge < -0.3 is 22.8 Å². The molecule has 0 heterocycles. The summed E-state index contributed by atoms with van der Waals surface area (Å²) in [6.07, 6.45) is -1.39. The van der Waals surface area contributed by atoms with Gasteiger partial charge in [0.25, 0.3) is 0 Å². The monoisotopic (exact) mass is 346 g/mol. The van der Waals surface area contributed by atoms with Gasteiger partial charge in [-0.1, -0.05) is 11.6 Å². The van der Waals surface area contributed by atoms with Crippen molar-refractivity contribution >= 4 is 30.2 Å². The van der Waals surface area contributed by atoms with Crippen molar-refractivity contribution in [3.05, 3.63) is 23.3 Å². The highest BCUT2D eigenvalue weighted by atomic mass is 19.4. The Kier molecular flexibility index (Phi) is 5.58. The number of carboxylic acid groups (broad SMARTS) is 1. The van der Waals surface area contributed by atoms with Gasteiger partial charge >= 0.3 is 19.0 Å².